The number of hydrogen-bond donors (Lipinski definition) is 0. The highest BCUT2D eigenvalue weighted by Gasteiger charge is 2.53. The Kier molecular flexibility index (Phi) is 5.56. The Morgan fingerprint density at radius 3 is 2.37 bits per heavy atom. The van der Waals surface area contributed by atoms with E-state index in [4.69, 9.17) is 0 Å². The fourth-order valence-corrected chi connectivity index (χ4v) is 4.07. The Morgan fingerprint density at radius 1 is 1.15 bits per heavy atom. The minimum Gasteiger partial charge on any atom is -0.369 e. The van der Waals surface area contributed by atoms with Gasteiger partial charge in [0.05, 0.1) is 5.41 Å². The molecule has 2 saturated carbocycles. The van der Waals surface area contributed by atoms with Gasteiger partial charge in [-0.25, -0.2) is 4.39 Å². The topological polar surface area (TPSA) is 57.7 Å². The van der Waals surface area contributed by atoms with Gasteiger partial charge >= 0.3 is 0 Å². The number of aldehydes is 1. The van der Waals surface area contributed by atoms with Crippen LogP contribution >= 0.6 is 0 Å². The first-order valence-corrected chi connectivity index (χ1v) is 9.25. The van der Waals surface area contributed by atoms with Crippen LogP contribution in [0.25, 0.3) is 0 Å². The van der Waals surface area contributed by atoms with Gasteiger partial charge in [0, 0.05) is 44.7 Å². The second-order valence-corrected chi connectivity index (χ2v) is 7.72. The molecule has 2 bridgehead atoms. The summed E-state index contributed by atoms with van der Waals surface area (Å²) in [5, 5.41) is 0. The van der Waals surface area contributed by atoms with Crippen molar-refractivity contribution in [3.63, 3.8) is 0 Å². The van der Waals surface area contributed by atoms with E-state index in [1.165, 1.54) is 12.1 Å². The summed E-state index contributed by atoms with van der Waals surface area (Å²) in [5.74, 6) is -0.435. The maximum atomic E-state index is 12.7. The number of nitrogens with zero attached hydrogens (tertiary/aromatic N) is 2. The number of carbonyl (C=O) groups excluding carboxylic acids is 3. The number of ketones is 2. The summed E-state index contributed by atoms with van der Waals surface area (Å²) in [4.78, 5) is 38.3. The maximum absolute atomic E-state index is 12.7. The van der Waals surface area contributed by atoms with E-state index < -0.39 is 5.41 Å². The average molecular weight is 372 g/mol. The summed E-state index contributed by atoms with van der Waals surface area (Å²) in [6.07, 6.45) is 1.61. The molecule has 0 N–H and O–H groups in total. The minimum atomic E-state index is -1.03. The number of halogens is 1. The highest BCUT2D eigenvalue weighted by atomic mass is 19.1. The molecule has 0 amide bonds. The largest absolute Gasteiger partial charge is 0.369 e. The number of fused-ring (bicyclic) bond motifs is 2. The molecule has 2 aliphatic carbocycles. The van der Waals surface area contributed by atoms with Gasteiger partial charge in [-0.1, -0.05) is 6.58 Å². The fraction of sp³-hybridized carbons (Fsp3) is 0.476. The number of rotatable bonds is 2. The van der Waals surface area contributed by atoms with E-state index in [9.17, 15) is 18.8 Å². The highest BCUT2D eigenvalue weighted by Crippen LogP contribution is 2.48. The van der Waals surface area contributed by atoms with Crippen LogP contribution in [0.15, 0.2) is 36.4 Å². The maximum Gasteiger partial charge on any atom is 0.172 e. The normalized spacial score (nSPS) is 28.0. The standard InChI is InChI=1S/C11H15FN2.C10H10O3/c1-13-6-8-14(9-7-13)11-4-2-10(12)3-5-11;1-6-7-2-8(12)4-10(3-7,5-11)9(6)13/h2-5H,6-9H2,1H3;5,7H,1-4H2. The zero-order chi connectivity index (χ0) is 19.6. The number of hydrogen-bond acceptors (Lipinski definition) is 5. The van der Waals surface area contributed by atoms with Crippen molar-refractivity contribution in [3.8, 4) is 0 Å². The SMILES string of the molecule is C=C1C(=O)C2(C=O)CC(=O)CC1C2.CN1CCN(c2ccc(F)cc2)CC1. The predicted molar refractivity (Wildman–Crippen MR) is 101 cm³/mol. The molecule has 0 spiro atoms. The number of carbonyl (C=O) groups is 3. The Bertz CT molecular complexity index is 753. The number of benzene rings is 1. The van der Waals surface area contributed by atoms with Gasteiger partial charge in [0.25, 0.3) is 0 Å². The van der Waals surface area contributed by atoms with E-state index in [-0.39, 0.29) is 29.7 Å². The van der Waals surface area contributed by atoms with Crippen LogP contribution in [-0.4, -0.2) is 56.0 Å². The number of likely N-dealkylation sites (N-methyl/N-ethyl adjacent to an activating group) is 1. The molecule has 144 valence electrons. The zero-order valence-corrected chi connectivity index (χ0v) is 15.6. The van der Waals surface area contributed by atoms with E-state index >= 15 is 0 Å². The third kappa shape index (κ3) is 4.00. The highest BCUT2D eigenvalue weighted by molar-refractivity contribution is 6.14. The Balaban J connectivity index is 0.000000156. The Labute approximate surface area is 158 Å². The van der Waals surface area contributed by atoms with Crippen LogP contribution in [0.5, 0.6) is 0 Å². The van der Waals surface area contributed by atoms with Crippen molar-refractivity contribution in [2.24, 2.45) is 11.3 Å². The quantitative estimate of drug-likeness (QED) is 0.453. The van der Waals surface area contributed by atoms with Crippen molar-refractivity contribution < 1.29 is 18.8 Å². The molecule has 1 aromatic carbocycles. The molecule has 5 nitrogen and oxygen atoms in total. The summed E-state index contributed by atoms with van der Waals surface area (Å²) in [7, 11) is 2.13. The molecular formula is C21H25FN2O3. The van der Waals surface area contributed by atoms with E-state index in [0.717, 1.165) is 31.9 Å². The van der Waals surface area contributed by atoms with Gasteiger partial charge in [-0.05, 0) is 49.2 Å². The summed E-state index contributed by atoms with van der Waals surface area (Å²) in [6.45, 7) is 7.87. The molecule has 3 aliphatic rings. The Hall–Kier alpha value is -2.34. The van der Waals surface area contributed by atoms with Crippen molar-refractivity contribution in [1.82, 2.24) is 4.90 Å². The van der Waals surface area contributed by atoms with Gasteiger partial charge in [0.15, 0.2) is 5.78 Å². The molecule has 1 aromatic rings. The van der Waals surface area contributed by atoms with Crippen LogP contribution in [0.3, 0.4) is 0 Å². The molecule has 0 radical (unpaired) electrons. The fourth-order valence-electron chi connectivity index (χ4n) is 4.07. The number of piperazine rings is 1. The van der Waals surface area contributed by atoms with Crippen LogP contribution in [0.2, 0.25) is 0 Å². The minimum absolute atomic E-state index is 0.00958. The molecule has 2 atom stereocenters. The molecule has 1 saturated heterocycles. The summed E-state index contributed by atoms with van der Waals surface area (Å²) >= 11 is 0. The smallest absolute Gasteiger partial charge is 0.172 e. The summed E-state index contributed by atoms with van der Waals surface area (Å²) in [6, 6.07) is 6.74. The van der Waals surface area contributed by atoms with Crippen molar-refractivity contribution in [1.29, 1.82) is 0 Å². The van der Waals surface area contributed by atoms with Crippen LogP contribution in [-0.2, 0) is 14.4 Å². The lowest BCUT2D eigenvalue weighted by atomic mass is 9.76. The number of allylic oxidation sites excluding steroid dienone is 1. The third-order valence-electron chi connectivity index (χ3n) is 5.75. The van der Waals surface area contributed by atoms with Crippen molar-refractivity contribution in [2.75, 3.05) is 38.1 Å². The summed E-state index contributed by atoms with van der Waals surface area (Å²) in [5.41, 5.74) is 0.564. The molecule has 4 rings (SSSR count). The Morgan fingerprint density at radius 2 is 1.78 bits per heavy atom. The molecule has 3 fully saturated rings. The summed E-state index contributed by atoms with van der Waals surface area (Å²) < 4.78 is 12.7. The van der Waals surface area contributed by atoms with Gasteiger partial charge in [-0.15, -0.1) is 0 Å². The van der Waals surface area contributed by atoms with E-state index in [1.807, 2.05) is 12.1 Å². The van der Waals surface area contributed by atoms with Crippen molar-refractivity contribution in [3.05, 3.63) is 42.2 Å². The van der Waals surface area contributed by atoms with Crippen molar-refractivity contribution in [2.45, 2.75) is 19.3 Å². The molecule has 1 aliphatic heterocycles. The average Bonchev–Trinajstić information content (AvgIpc) is 2.84. The van der Waals surface area contributed by atoms with E-state index in [2.05, 4.69) is 23.4 Å². The molecule has 6 heteroatoms. The molecule has 1 heterocycles. The van der Waals surface area contributed by atoms with Gasteiger partial charge in [-0.2, -0.15) is 0 Å². The molecular weight excluding hydrogens is 347 g/mol. The van der Waals surface area contributed by atoms with Crippen molar-refractivity contribution >= 4 is 23.5 Å². The van der Waals surface area contributed by atoms with Crippen LogP contribution in [0, 0.1) is 17.2 Å². The first-order chi connectivity index (χ1) is 12.8. The first kappa shape index (κ1) is 19.4. The predicted octanol–water partition coefficient (Wildman–Crippen LogP) is 2.26. The monoisotopic (exact) mass is 372 g/mol. The second-order valence-electron chi connectivity index (χ2n) is 7.72. The van der Waals surface area contributed by atoms with Crippen LogP contribution < -0.4 is 4.90 Å². The first-order valence-electron chi connectivity index (χ1n) is 9.25. The van der Waals surface area contributed by atoms with Crippen LogP contribution in [0.1, 0.15) is 19.3 Å². The van der Waals surface area contributed by atoms with E-state index in [0.29, 0.717) is 24.7 Å². The second kappa shape index (κ2) is 7.72. The molecule has 27 heavy (non-hydrogen) atoms. The third-order valence-corrected chi connectivity index (χ3v) is 5.75. The van der Waals surface area contributed by atoms with Gasteiger partial charge in [0.1, 0.15) is 17.9 Å². The lowest BCUT2D eigenvalue weighted by molar-refractivity contribution is -0.137. The van der Waals surface area contributed by atoms with Gasteiger partial charge in [-0.3, -0.25) is 9.59 Å². The van der Waals surface area contributed by atoms with Gasteiger partial charge < -0.3 is 14.6 Å². The van der Waals surface area contributed by atoms with E-state index in [1.54, 1.807) is 0 Å². The lowest BCUT2D eigenvalue weighted by Crippen LogP contribution is -2.44. The van der Waals surface area contributed by atoms with Gasteiger partial charge in [0.2, 0.25) is 0 Å². The molecule has 0 aromatic heterocycles. The lowest BCUT2D eigenvalue weighted by Gasteiger charge is -2.34. The number of anilines is 1. The number of Topliss-reactive ketones (excluding diaryl/α,β-unsaturated/α-hetero) is 2. The zero-order valence-electron chi connectivity index (χ0n) is 15.6. The van der Waals surface area contributed by atoms with Crippen LogP contribution in [0.4, 0.5) is 10.1 Å². The molecule has 2 unspecified atom stereocenters.